The first-order valence-electron chi connectivity index (χ1n) is 6.58. The van der Waals surface area contributed by atoms with Crippen LogP contribution in [0.1, 0.15) is 50.3 Å². The molecular weight excluding hydrogens is 198 g/mol. The summed E-state index contributed by atoms with van der Waals surface area (Å²) in [6.45, 7) is 4.68. The van der Waals surface area contributed by atoms with Crippen LogP contribution < -0.4 is 5.32 Å². The second kappa shape index (κ2) is 4.21. The quantitative estimate of drug-likeness (QED) is 0.827. The summed E-state index contributed by atoms with van der Waals surface area (Å²) in [7, 11) is 0. The molecule has 1 N–H and O–H groups in total. The van der Waals surface area contributed by atoms with Crippen LogP contribution >= 0.6 is 0 Å². The highest BCUT2D eigenvalue weighted by Crippen LogP contribution is 2.37. The lowest BCUT2D eigenvalue weighted by Crippen LogP contribution is -2.17. The van der Waals surface area contributed by atoms with E-state index in [1.165, 1.54) is 31.4 Å². The van der Waals surface area contributed by atoms with Crippen molar-refractivity contribution in [1.82, 2.24) is 14.9 Å². The van der Waals surface area contributed by atoms with E-state index >= 15 is 0 Å². The maximum Gasteiger partial charge on any atom is 0.0950 e. The van der Waals surface area contributed by atoms with Crippen LogP contribution in [0.2, 0.25) is 0 Å². The van der Waals surface area contributed by atoms with Crippen LogP contribution in [0, 0.1) is 5.92 Å². The Morgan fingerprint density at radius 2 is 2.31 bits per heavy atom. The topological polar surface area (TPSA) is 29.9 Å². The normalized spacial score (nSPS) is 34.7. The molecular formula is C13H21N3. The summed E-state index contributed by atoms with van der Waals surface area (Å²) in [6.07, 6.45) is 9.51. The fourth-order valence-corrected chi connectivity index (χ4v) is 3.35. The summed E-state index contributed by atoms with van der Waals surface area (Å²) in [4.78, 5) is 4.38. The molecule has 3 nitrogen and oxygen atoms in total. The fourth-order valence-electron chi connectivity index (χ4n) is 3.35. The van der Waals surface area contributed by atoms with Crippen LogP contribution in [-0.2, 0) is 0 Å². The van der Waals surface area contributed by atoms with Gasteiger partial charge in [-0.3, -0.25) is 0 Å². The molecule has 1 aromatic rings. The van der Waals surface area contributed by atoms with E-state index in [4.69, 9.17) is 0 Å². The second-order valence-corrected chi connectivity index (χ2v) is 5.39. The zero-order valence-corrected chi connectivity index (χ0v) is 10.0. The molecule has 2 heterocycles. The molecule has 3 atom stereocenters. The summed E-state index contributed by atoms with van der Waals surface area (Å²) < 4.78 is 2.47. The predicted octanol–water partition coefficient (Wildman–Crippen LogP) is 2.32. The zero-order chi connectivity index (χ0) is 11.0. The Kier molecular flexibility index (Phi) is 2.72. The van der Waals surface area contributed by atoms with Crippen molar-refractivity contribution in [1.29, 1.82) is 0 Å². The number of nitrogens with zero attached hydrogens (tertiary/aromatic N) is 2. The van der Waals surface area contributed by atoms with Crippen molar-refractivity contribution in [3.8, 4) is 0 Å². The van der Waals surface area contributed by atoms with Gasteiger partial charge in [0, 0.05) is 30.4 Å². The van der Waals surface area contributed by atoms with Crippen LogP contribution in [0.4, 0.5) is 0 Å². The van der Waals surface area contributed by atoms with Crippen molar-refractivity contribution < 1.29 is 0 Å². The van der Waals surface area contributed by atoms with Gasteiger partial charge < -0.3 is 9.88 Å². The van der Waals surface area contributed by atoms with Crippen molar-refractivity contribution in [3.05, 3.63) is 18.2 Å². The van der Waals surface area contributed by atoms with E-state index in [1.54, 1.807) is 0 Å². The first-order valence-corrected chi connectivity index (χ1v) is 6.58. The summed E-state index contributed by atoms with van der Waals surface area (Å²) in [5.41, 5.74) is 1.46. The van der Waals surface area contributed by atoms with Gasteiger partial charge in [0.1, 0.15) is 0 Å². The van der Waals surface area contributed by atoms with Gasteiger partial charge in [-0.1, -0.05) is 13.3 Å². The summed E-state index contributed by atoms with van der Waals surface area (Å²) in [6, 6.07) is 0.707. The zero-order valence-electron chi connectivity index (χ0n) is 10.0. The molecule has 16 heavy (non-hydrogen) atoms. The smallest absolute Gasteiger partial charge is 0.0950 e. The Balaban J connectivity index is 1.86. The van der Waals surface area contributed by atoms with E-state index in [1.807, 2.05) is 0 Å². The Hall–Kier alpha value is -0.830. The number of aromatic nitrogens is 2. The Labute approximate surface area is 97.3 Å². The molecule has 3 unspecified atom stereocenters. The van der Waals surface area contributed by atoms with Crippen LogP contribution in [0.15, 0.2) is 12.5 Å². The molecule has 0 radical (unpaired) electrons. The summed E-state index contributed by atoms with van der Waals surface area (Å²) >= 11 is 0. The largest absolute Gasteiger partial charge is 0.331 e. The van der Waals surface area contributed by atoms with Gasteiger partial charge >= 0.3 is 0 Å². The van der Waals surface area contributed by atoms with Crippen molar-refractivity contribution in [2.45, 2.75) is 44.6 Å². The SMILES string of the molecule is CC1CCCC1n1cncc1C1CCNC1. The molecule has 2 aliphatic rings. The highest BCUT2D eigenvalue weighted by molar-refractivity contribution is 5.11. The van der Waals surface area contributed by atoms with Crippen molar-refractivity contribution in [2.75, 3.05) is 13.1 Å². The Morgan fingerprint density at radius 1 is 1.38 bits per heavy atom. The average molecular weight is 219 g/mol. The van der Waals surface area contributed by atoms with Gasteiger partial charge in [0.2, 0.25) is 0 Å². The van der Waals surface area contributed by atoms with Crippen LogP contribution in [0.5, 0.6) is 0 Å². The molecule has 0 aromatic carbocycles. The lowest BCUT2D eigenvalue weighted by molar-refractivity contribution is 0.391. The monoisotopic (exact) mass is 219 g/mol. The van der Waals surface area contributed by atoms with E-state index in [-0.39, 0.29) is 0 Å². The van der Waals surface area contributed by atoms with Gasteiger partial charge in [0.15, 0.2) is 0 Å². The maximum atomic E-state index is 4.38. The van der Waals surface area contributed by atoms with Crippen molar-refractivity contribution in [2.24, 2.45) is 5.92 Å². The lowest BCUT2D eigenvalue weighted by Gasteiger charge is -2.22. The molecule has 1 saturated heterocycles. The first kappa shape index (κ1) is 10.3. The minimum atomic E-state index is 0.690. The molecule has 1 aliphatic heterocycles. The summed E-state index contributed by atoms with van der Waals surface area (Å²) in [5.74, 6) is 1.51. The average Bonchev–Trinajstić information content (AvgIpc) is 2.95. The van der Waals surface area contributed by atoms with E-state index in [0.717, 1.165) is 19.0 Å². The minimum absolute atomic E-state index is 0.690. The predicted molar refractivity (Wildman–Crippen MR) is 64.5 cm³/mol. The third kappa shape index (κ3) is 1.67. The highest BCUT2D eigenvalue weighted by Gasteiger charge is 2.29. The standard InChI is InChI=1S/C13H21N3/c1-10-3-2-4-12(10)16-9-15-8-13(16)11-5-6-14-7-11/h8-12,14H,2-7H2,1H3. The molecule has 88 valence electrons. The number of rotatable bonds is 2. The third-order valence-electron chi connectivity index (χ3n) is 4.35. The van der Waals surface area contributed by atoms with Gasteiger partial charge in [-0.25, -0.2) is 4.98 Å². The molecule has 2 fully saturated rings. The first-order chi connectivity index (χ1) is 7.86. The van der Waals surface area contributed by atoms with E-state index in [2.05, 4.69) is 34.3 Å². The van der Waals surface area contributed by atoms with Gasteiger partial charge in [-0.2, -0.15) is 0 Å². The molecule has 1 aromatic heterocycles. The third-order valence-corrected chi connectivity index (χ3v) is 4.35. The molecule has 0 amide bonds. The second-order valence-electron chi connectivity index (χ2n) is 5.39. The lowest BCUT2D eigenvalue weighted by atomic mass is 10.0. The molecule has 0 spiro atoms. The summed E-state index contributed by atoms with van der Waals surface area (Å²) in [5, 5.41) is 3.45. The fraction of sp³-hybridized carbons (Fsp3) is 0.769. The number of imidazole rings is 1. The van der Waals surface area contributed by atoms with Gasteiger partial charge in [0.25, 0.3) is 0 Å². The van der Waals surface area contributed by atoms with Crippen molar-refractivity contribution in [3.63, 3.8) is 0 Å². The van der Waals surface area contributed by atoms with Gasteiger partial charge in [0.05, 0.1) is 6.33 Å². The maximum absolute atomic E-state index is 4.38. The van der Waals surface area contributed by atoms with E-state index in [0.29, 0.717) is 12.0 Å². The number of hydrogen-bond acceptors (Lipinski definition) is 2. The van der Waals surface area contributed by atoms with Crippen LogP contribution in [0.25, 0.3) is 0 Å². The molecule has 1 saturated carbocycles. The van der Waals surface area contributed by atoms with Crippen LogP contribution in [0.3, 0.4) is 0 Å². The number of nitrogens with one attached hydrogen (secondary N) is 1. The van der Waals surface area contributed by atoms with E-state index < -0.39 is 0 Å². The van der Waals surface area contributed by atoms with Gasteiger partial charge in [-0.05, 0) is 31.7 Å². The molecule has 3 rings (SSSR count). The Bertz CT molecular complexity index is 352. The highest BCUT2D eigenvalue weighted by atomic mass is 15.1. The van der Waals surface area contributed by atoms with Crippen molar-refractivity contribution >= 4 is 0 Å². The van der Waals surface area contributed by atoms with Gasteiger partial charge in [-0.15, -0.1) is 0 Å². The minimum Gasteiger partial charge on any atom is -0.331 e. The Morgan fingerprint density at radius 3 is 3.00 bits per heavy atom. The molecule has 0 bridgehead atoms. The van der Waals surface area contributed by atoms with Crippen LogP contribution in [-0.4, -0.2) is 22.6 Å². The molecule has 3 heteroatoms. The number of hydrogen-bond donors (Lipinski definition) is 1. The molecule has 1 aliphatic carbocycles. The van der Waals surface area contributed by atoms with E-state index in [9.17, 15) is 0 Å².